The minimum atomic E-state index is 0.0731. The molecule has 1 rings (SSSR count). The van der Waals surface area contributed by atoms with Crippen LogP contribution in [0.4, 0.5) is 0 Å². The second kappa shape index (κ2) is 5.60. The van der Waals surface area contributed by atoms with Gasteiger partial charge in [0.2, 0.25) is 5.91 Å². The lowest BCUT2D eigenvalue weighted by molar-refractivity contribution is -0.120. The maximum Gasteiger partial charge on any atom is 0.233 e. The van der Waals surface area contributed by atoms with Crippen molar-refractivity contribution >= 4 is 5.91 Å². The summed E-state index contributed by atoms with van der Waals surface area (Å²) in [7, 11) is 0. The summed E-state index contributed by atoms with van der Waals surface area (Å²) in [6.07, 6.45) is 8.28. The summed E-state index contributed by atoms with van der Waals surface area (Å²) < 4.78 is 0. The van der Waals surface area contributed by atoms with Crippen LogP contribution in [0.3, 0.4) is 0 Å². The van der Waals surface area contributed by atoms with Gasteiger partial charge in [-0.1, -0.05) is 0 Å². The van der Waals surface area contributed by atoms with Crippen LogP contribution in [0.25, 0.3) is 0 Å². The number of hydrogen-bond donors (Lipinski definition) is 2. The highest BCUT2D eigenvalue weighted by Crippen LogP contribution is 2.27. The van der Waals surface area contributed by atoms with Crippen LogP contribution in [0.15, 0.2) is 0 Å². The Kier molecular flexibility index (Phi) is 4.34. The fraction of sp³-hybridized carbons (Fsp3) is 0.700. The molecular weight excluding hydrogens is 164 g/mol. The quantitative estimate of drug-likeness (QED) is 0.450. The highest BCUT2D eigenvalue weighted by Gasteiger charge is 2.21. The van der Waals surface area contributed by atoms with E-state index in [0.717, 1.165) is 12.5 Å². The monoisotopic (exact) mass is 180 g/mol. The van der Waals surface area contributed by atoms with Crippen molar-refractivity contribution < 1.29 is 4.79 Å². The number of amides is 1. The molecule has 0 unspecified atom stereocenters. The van der Waals surface area contributed by atoms with Gasteiger partial charge in [-0.15, -0.1) is 12.3 Å². The van der Waals surface area contributed by atoms with Crippen molar-refractivity contribution in [1.82, 2.24) is 10.6 Å². The number of carbonyl (C=O) groups is 1. The largest absolute Gasteiger partial charge is 0.355 e. The van der Waals surface area contributed by atoms with Gasteiger partial charge in [0.05, 0.1) is 6.54 Å². The third-order valence-corrected chi connectivity index (χ3v) is 2.02. The molecular formula is C10H16N2O. The molecule has 72 valence electrons. The Hall–Kier alpha value is -1.01. The SMILES string of the molecule is C#CCCNCC(=O)NCC1CC1. The Bertz CT molecular complexity index is 203. The molecule has 1 aliphatic carbocycles. The summed E-state index contributed by atoms with van der Waals surface area (Å²) in [6.45, 7) is 1.94. The van der Waals surface area contributed by atoms with E-state index in [4.69, 9.17) is 6.42 Å². The van der Waals surface area contributed by atoms with Gasteiger partial charge in [0.25, 0.3) is 0 Å². The average molecular weight is 180 g/mol. The molecule has 13 heavy (non-hydrogen) atoms. The molecule has 0 aromatic rings. The van der Waals surface area contributed by atoms with Crippen molar-refractivity contribution in [3.05, 3.63) is 0 Å². The van der Waals surface area contributed by atoms with Gasteiger partial charge in [-0.25, -0.2) is 0 Å². The van der Waals surface area contributed by atoms with Gasteiger partial charge in [-0.3, -0.25) is 4.79 Å². The molecule has 0 bridgehead atoms. The summed E-state index contributed by atoms with van der Waals surface area (Å²) >= 11 is 0. The van der Waals surface area contributed by atoms with E-state index >= 15 is 0 Å². The zero-order valence-corrected chi connectivity index (χ0v) is 7.81. The highest BCUT2D eigenvalue weighted by molar-refractivity contribution is 5.77. The van der Waals surface area contributed by atoms with Gasteiger partial charge >= 0.3 is 0 Å². The average Bonchev–Trinajstić information content (AvgIpc) is 2.92. The molecule has 0 aliphatic heterocycles. The highest BCUT2D eigenvalue weighted by atomic mass is 16.1. The first-order valence-electron chi connectivity index (χ1n) is 4.74. The van der Waals surface area contributed by atoms with Crippen LogP contribution in [-0.4, -0.2) is 25.5 Å². The summed E-state index contributed by atoms with van der Waals surface area (Å²) in [4.78, 5) is 11.1. The standard InChI is InChI=1S/C10H16N2O/c1-2-3-6-11-8-10(13)12-7-9-4-5-9/h1,9,11H,3-8H2,(H,12,13). The molecule has 1 amide bonds. The summed E-state index contributed by atoms with van der Waals surface area (Å²) in [5.74, 6) is 3.33. The number of nitrogens with one attached hydrogen (secondary N) is 2. The fourth-order valence-electron chi connectivity index (χ4n) is 1.01. The maximum atomic E-state index is 11.1. The van der Waals surface area contributed by atoms with Crippen molar-refractivity contribution in [3.63, 3.8) is 0 Å². The number of rotatable bonds is 6. The van der Waals surface area contributed by atoms with Crippen molar-refractivity contribution in [2.24, 2.45) is 5.92 Å². The Balaban J connectivity index is 1.88. The van der Waals surface area contributed by atoms with Crippen LogP contribution in [0.5, 0.6) is 0 Å². The van der Waals surface area contributed by atoms with E-state index in [1.807, 2.05) is 0 Å². The van der Waals surface area contributed by atoms with Gasteiger partial charge < -0.3 is 10.6 Å². The van der Waals surface area contributed by atoms with E-state index in [1.54, 1.807) is 0 Å². The number of carbonyl (C=O) groups excluding carboxylic acids is 1. The third kappa shape index (κ3) is 5.26. The normalized spacial score (nSPS) is 15.0. The van der Waals surface area contributed by atoms with E-state index in [2.05, 4.69) is 16.6 Å². The van der Waals surface area contributed by atoms with E-state index in [9.17, 15) is 4.79 Å². The van der Waals surface area contributed by atoms with Crippen molar-refractivity contribution in [2.45, 2.75) is 19.3 Å². The molecule has 0 radical (unpaired) electrons. The molecule has 3 nitrogen and oxygen atoms in total. The minimum absolute atomic E-state index is 0.0731. The van der Waals surface area contributed by atoms with Crippen molar-refractivity contribution in [2.75, 3.05) is 19.6 Å². The van der Waals surface area contributed by atoms with Gasteiger partial charge in [0.15, 0.2) is 0 Å². The summed E-state index contributed by atoms with van der Waals surface area (Å²) in [5.41, 5.74) is 0. The lowest BCUT2D eigenvalue weighted by Gasteiger charge is -2.04. The van der Waals surface area contributed by atoms with Gasteiger partial charge in [-0.05, 0) is 18.8 Å². The first-order chi connectivity index (χ1) is 6.33. The topological polar surface area (TPSA) is 41.1 Å². The summed E-state index contributed by atoms with van der Waals surface area (Å²) in [5, 5.41) is 5.84. The molecule has 0 aromatic heterocycles. The van der Waals surface area contributed by atoms with Crippen molar-refractivity contribution in [1.29, 1.82) is 0 Å². The molecule has 0 atom stereocenters. The molecule has 0 spiro atoms. The lowest BCUT2D eigenvalue weighted by atomic mass is 10.4. The molecule has 0 saturated heterocycles. The predicted molar refractivity (Wildman–Crippen MR) is 52.1 cm³/mol. The lowest BCUT2D eigenvalue weighted by Crippen LogP contribution is -2.35. The van der Waals surface area contributed by atoms with E-state index < -0.39 is 0 Å². The Morgan fingerprint density at radius 3 is 2.92 bits per heavy atom. The van der Waals surface area contributed by atoms with Crippen LogP contribution in [-0.2, 0) is 4.79 Å². The minimum Gasteiger partial charge on any atom is -0.355 e. The Morgan fingerprint density at radius 2 is 2.31 bits per heavy atom. The second-order valence-electron chi connectivity index (χ2n) is 3.38. The van der Waals surface area contributed by atoms with Crippen LogP contribution in [0.1, 0.15) is 19.3 Å². The van der Waals surface area contributed by atoms with Gasteiger partial charge in [0.1, 0.15) is 0 Å². The Morgan fingerprint density at radius 1 is 1.54 bits per heavy atom. The summed E-state index contributed by atoms with van der Waals surface area (Å²) in [6, 6.07) is 0. The van der Waals surface area contributed by atoms with Gasteiger partial charge in [0, 0.05) is 19.5 Å². The van der Waals surface area contributed by atoms with E-state index in [1.165, 1.54) is 12.8 Å². The van der Waals surface area contributed by atoms with Crippen LogP contribution < -0.4 is 10.6 Å². The van der Waals surface area contributed by atoms with E-state index in [0.29, 0.717) is 19.5 Å². The first kappa shape index (κ1) is 10.1. The molecule has 3 heteroatoms. The molecule has 0 aromatic carbocycles. The third-order valence-electron chi connectivity index (χ3n) is 2.02. The number of terminal acetylenes is 1. The van der Waals surface area contributed by atoms with Crippen molar-refractivity contribution in [3.8, 4) is 12.3 Å². The van der Waals surface area contributed by atoms with Crippen LogP contribution in [0, 0.1) is 18.3 Å². The molecule has 2 N–H and O–H groups in total. The molecule has 1 fully saturated rings. The molecule has 1 saturated carbocycles. The van der Waals surface area contributed by atoms with Crippen LogP contribution >= 0.6 is 0 Å². The second-order valence-corrected chi connectivity index (χ2v) is 3.38. The van der Waals surface area contributed by atoms with Crippen LogP contribution in [0.2, 0.25) is 0 Å². The maximum absolute atomic E-state index is 11.1. The van der Waals surface area contributed by atoms with E-state index in [-0.39, 0.29) is 5.91 Å². The Labute approximate surface area is 79.3 Å². The number of hydrogen-bond acceptors (Lipinski definition) is 2. The first-order valence-corrected chi connectivity index (χ1v) is 4.74. The van der Waals surface area contributed by atoms with Gasteiger partial charge in [-0.2, -0.15) is 0 Å². The zero-order valence-electron chi connectivity index (χ0n) is 7.81. The smallest absolute Gasteiger partial charge is 0.233 e. The molecule has 0 heterocycles. The predicted octanol–water partition coefficient (Wildman–Crippen LogP) is 0.125. The fourth-order valence-corrected chi connectivity index (χ4v) is 1.01. The molecule has 1 aliphatic rings. The zero-order chi connectivity index (χ0) is 9.52.